The summed E-state index contributed by atoms with van der Waals surface area (Å²) >= 11 is 0. The van der Waals surface area contributed by atoms with Crippen LogP contribution in [0.25, 0.3) is 0 Å². The zero-order valence-corrected chi connectivity index (χ0v) is 11.2. The Hall–Kier alpha value is -1.78. The second kappa shape index (κ2) is 6.41. The van der Waals surface area contributed by atoms with Crippen molar-refractivity contribution in [1.82, 2.24) is 5.32 Å². The van der Waals surface area contributed by atoms with Crippen LogP contribution in [0.4, 0.5) is 0 Å². The minimum absolute atomic E-state index is 0.0708. The molecule has 2 aromatic rings. The number of hydrogen-bond acceptors (Lipinski definition) is 4. The summed E-state index contributed by atoms with van der Waals surface area (Å²) in [5.74, 6) is 1.64. The zero-order chi connectivity index (χ0) is 13.7. The summed E-state index contributed by atoms with van der Waals surface area (Å²) in [6.07, 6.45) is 1.07. The molecule has 0 aliphatic carbocycles. The Labute approximate surface area is 113 Å². The fourth-order valence-electron chi connectivity index (χ4n) is 1.88. The van der Waals surface area contributed by atoms with Crippen LogP contribution in [0.5, 0.6) is 5.75 Å². The number of furan rings is 1. The molecule has 0 spiro atoms. The van der Waals surface area contributed by atoms with Crippen molar-refractivity contribution in [2.75, 3.05) is 7.11 Å². The number of aliphatic hydroxyl groups is 1. The second-order valence-corrected chi connectivity index (χ2v) is 4.47. The van der Waals surface area contributed by atoms with Gasteiger partial charge in [-0.2, -0.15) is 0 Å². The maximum atomic E-state index is 10.2. The van der Waals surface area contributed by atoms with Crippen molar-refractivity contribution in [3.8, 4) is 5.75 Å². The van der Waals surface area contributed by atoms with Gasteiger partial charge in [0.15, 0.2) is 0 Å². The molecule has 0 amide bonds. The van der Waals surface area contributed by atoms with Crippen molar-refractivity contribution in [2.24, 2.45) is 0 Å². The van der Waals surface area contributed by atoms with E-state index >= 15 is 0 Å². The number of hydrogen-bond donors (Lipinski definition) is 2. The summed E-state index contributed by atoms with van der Waals surface area (Å²) in [6.45, 7) is 2.54. The standard InChI is InChI=1S/C15H19NO3/c1-11(16-10-14-4-3-9-19-14)15(17)12-5-7-13(18-2)8-6-12/h3-9,11,15-17H,10H2,1-2H3. The lowest BCUT2D eigenvalue weighted by Gasteiger charge is -2.20. The highest BCUT2D eigenvalue weighted by molar-refractivity contribution is 5.29. The van der Waals surface area contributed by atoms with Crippen molar-refractivity contribution in [3.63, 3.8) is 0 Å². The zero-order valence-electron chi connectivity index (χ0n) is 11.2. The van der Waals surface area contributed by atoms with Gasteiger partial charge in [0.25, 0.3) is 0 Å². The van der Waals surface area contributed by atoms with Crippen LogP contribution in [0, 0.1) is 0 Å². The summed E-state index contributed by atoms with van der Waals surface area (Å²) in [6, 6.07) is 11.1. The minimum Gasteiger partial charge on any atom is -0.497 e. The van der Waals surface area contributed by atoms with E-state index in [9.17, 15) is 5.11 Å². The number of methoxy groups -OCH3 is 1. The highest BCUT2D eigenvalue weighted by Crippen LogP contribution is 2.20. The molecule has 2 N–H and O–H groups in total. The van der Waals surface area contributed by atoms with E-state index in [1.807, 2.05) is 43.3 Å². The van der Waals surface area contributed by atoms with Gasteiger partial charge in [-0.25, -0.2) is 0 Å². The van der Waals surface area contributed by atoms with Gasteiger partial charge >= 0.3 is 0 Å². The Balaban J connectivity index is 1.91. The quantitative estimate of drug-likeness (QED) is 0.839. The van der Waals surface area contributed by atoms with Crippen LogP contribution >= 0.6 is 0 Å². The van der Waals surface area contributed by atoms with Crippen molar-refractivity contribution >= 4 is 0 Å². The molecule has 1 heterocycles. The number of ether oxygens (including phenoxy) is 1. The summed E-state index contributed by atoms with van der Waals surface area (Å²) < 4.78 is 10.3. The molecule has 4 nitrogen and oxygen atoms in total. The predicted molar refractivity (Wildman–Crippen MR) is 73.0 cm³/mol. The average Bonchev–Trinajstić information content (AvgIpc) is 2.97. The van der Waals surface area contributed by atoms with E-state index in [0.717, 1.165) is 17.1 Å². The average molecular weight is 261 g/mol. The molecular weight excluding hydrogens is 242 g/mol. The van der Waals surface area contributed by atoms with Gasteiger partial charge in [0, 0.05) is 6.04 Å². The molecular formula is C15H19NO3. The molecule has 102 valence electrons. The Kier molecular flexibility index (Phi) is 4.60. The lowest BCUT2D eigenvalue weighted by molar-refractivity contribution is 0.134. The highest BCUT2D eigenvalue weighted by Gasteiger charge is 2.16. The molecule has 0 bridgehead atoms. The van der Waals surface area contributed by atoms with E-state index in [-0.39, 0.29) is 6.04 Å². The smallest absolute Gasteiger partial charge is 0.118 e. The van der Waals surface area contributed by atoms with E-state index in [2.05, 4.69) is 5.32 Å². The third kappa shape index (κ3) is 3.59. The summed E-state index contributed by atoms with van der Waals surface area (Å²) in [5.41, 5.74) is 0.861. The predicted octanol–water partition coefficient (Wildman–Crippen LogP) is 2.50. The SMILES string of the molecule is COc1ccc(C(O)C(C)NCc2ccco2)cc1. The van der Waals surface area contributed by atoms with Gasteiger partial charge in [0.1, 0.15) is 11.5 Å². The van der Waals surface area contributed by atoms with Gasteiger partial charge in [0.2, 0.25) is 0 Å². The summed E-state index contributed by atoms with van der Waals surface area (Å²) in [5, 5.41) is 13.5. The molecule has 1 aromatic carbocycles. The largest absolute Gasteiger partial charge is 0.497 e. The number of nitrogens with one attached hydrogen (secondary N) is 1. The first kappa shape index (κ1) is 13.6. The Bertz CT molecular complexity index is 479. The normalized spacial score (nSPS) is 14.1. The van der Waals surface area contributed by atoms with Gasteiger partial charge in [-0.1, -0.05) is 12.1 Å². The van der Waals surface area contributed by atoms with Crippen LogP contribution in [-0.2, 0) is 6.54 Å². The molecule has 0 fully saturated rings. The molecule has 2 unspecified atom stereocenters. The van der Waals surface area contributed by atoms with Crippen LogP contribution in [0.3, 0.4) is 0 Å². The van der Waals surface area contributed by atoms with E-state index < -0.39 is 6.10 Å². The van der Waals surface area contributed by atoms with E-state index in [4.69, 9.17) is 9.15 Å². The topological polar surface area (TPSA) is 54.6 Å². The molecule has 0 aliphatic heterocycles. The van der Waals surface area contributed by atoms with Gasteiger partial charge in [0.05, 0.1) is 26.0 Å². The van der Waals surface area contributed by atoms with Gasteiger partial charge < -0.3 is 19.6 Å². The van der Waals surface area contributed by atoms with Gasteiger partial charge in [-0.15, -0.1) is 0 Å². The van der Waals surface area contributed by atoms with Crippen LogP contribution in [-0.4, -0.2) is 18.3 Å². The first-order valence-corrected chi connectivity index (χ1v) is 6.28. The monoisotopic (exact) mass is 261 g/mol. The molecule has 4 heteroatoms. The third-order valence-corrected chi connectivity index (χ3v) is 3.11. The summed E-state index contributed by atoms with van der Waals surface area (Å²) in [7, 11) is 1.62. The Morgan fingerprint density at radius 2 is 2.00 bits per heavy atom. The fraction of sp³-hybridized carbons (Fsp3) is 0.333. The lowest BCUT2D eigenvalue weighted by Crippen LogP contribution is -2.31. The molecule has 0 saturated carbocycles. The van der Waals surface area contributed by atoms with E-state index in [1.54, 1.807) is 13.4 Å². The molecule has 0 aliphatic rings. The maximum Gasteiger partial charge on any atom is 0.118 e. The van der Waals surface area contributed by atoms with Crippen LogP contribution < -0.4 is 10.1 Å². The lowest BCUT2D eigenvalue weighted by atomic mass is 10.0. The minimum atomic E-state index is -0.569. The van der Waals surface area contributed by atoms with Crippen molar-refractivity contribution in [2.45, 2.75) is 25.6 Å². The fourth-order valence-corrected chi connectivity index (χ4v) is 1.88. The highest BCUT2D eigenvalue weighted by atomic mass is 16.5. The molecule has 2 rings (SSSR count). The van der Waals surface area contributed by atoms with Crippen LogP contribution in [0.2, 0.25) is 0 Å². The number of benzene rings is 1. The maximum absolute atomic E-state index is 10.2. The van der Waals surface area contributed by atoms with Crippen LogP contribution in [0.15, 0.2) is 47.1 Å². The Morgan fingerprint density at radius 1 is 1.26 bits per heavy atom. The third-order valence-electron chi connectivity index (χ3n) is 3.11. The van der Waals surface area contributed by atoms with Gasteiger partial charge in [-0.3, -0.25) is 0 Å². The van der Waals surface area contributed by atoms with E-state index in [0.29, 0.717) is 6.54 Å². The number of aliphatic hydroxyl groups excluding tert-OH is 1. The molecule has 2 atom stereocenters. The van der Waals surface area contributed by atoms with Crippen molar-refractivity contribution in [3.05, 3.63) is 54.0 Å². The second-order valence-electron chi connectivity index (χ2n) is 4.47. The van der Waals surface area contributed by atoms with Crippen molar-refractivity contribution < 1.29 is 14.3 Å². The van der Waals surface area contributed by atoms with Crippen molar-refractivity contribution in [1.29, 1.82) is 0 Å². The first-order valence-electron chi connectivity index (χ1n) is 6.28. The van der Waals surface area contributed by atoms with E-state index in [1.165, 1.54) is 0 Å². The number of rotatable bonds is 6. The Morgan fingerprint density at radius 3 is 2.58 bits per heavy atom. The first-order chi connectivity index (χ1) is 9.20. The van der Waals surface area contributed by atoms with Gasteiger partial charge in [-0.05, 0) is 36.8 Å². The molecule has 0 radical (unpaired) electrons. The summed E-state index contributed by atoms with van der Waals surface area (Å²) in [4.78, 5) is 0. The molecule has 19 heavy (non-hydrogen) atoms. The molecule has 0 saturated heterocycles. The molecule has 1 aromatic heterocycles. The van der Waals surface area contributed by atoms with Crippen LogP contribution in [0.1, 0.15) is 24.4 Å².